The second kappa shape index (κ2) is 6.76. The number of benzene rings is 1. The van der Waals surface area contributed by atoms with Gasteiger partial charge in [0.05, 0.1) is 23.7 Å². The maximum Gasteiger partial charge on any atom is 0.170 e. The molecule has 1 aromatic heterocycles. The first-order chi connectivity index (χ1) is 9.72. The summed E-state index contributed by atoms with van der Waals surface area (Å²) in [5, 5.41) is 7.41. The summed E-state index contributed by atoms with van der Waals surface area (Å²) < 4.78 is 23.5. The van der Waals surface area contributed by atoms with E-state index in [-0.39, 0.29) is 17.6 Å². The zero-order valence-electron chi connectivity index (χ0n) is 11.8. The minimum Gasteiger partial charge on any atom is -0.494 e. The quantitative estimate of drug-likeness (QED) is 0.890. The molecule has 1 atom stereocenters. The summed E-state index contributed by atoms with van der Waals surface area (Å²) in [6.07, 6.45) is 0.777. The average molecular weight is 295 g/mol. The van der Waals surface area contributed by atoms with Crippen molar-refractivity contribution < 1.29 is 9.13 Å². The third-order valence-electron chi connectivity index (χ3n) is 3.11. The van der Waals surface area contributed by atoms with Crippen molar-refractivity contribution >= 4 is 11.5 Å². The van der Waals surface area contributed by atoms with Gasteiger partial charge < -0.3 is 10.1 Å². The van der Waals surface area contributed by atoms with Crippen LogP contribution in [0.5, 0.6) is 5.75 Å². The van der Waals surface area contributed by atoms with Gasteiger partial charge in [0.15, 0.2) is 11.6 Å². The van der Waals surface area contributed by atoms with Crippen molar-refractivity contribution in [2.45, 2.75) is 26.3 Å². The number of aryl methyl sites for hydroxylation is 1. The second-order valence-electron chi connectivity index (χ2n) is 4.29. The highest BCUT2D eigenvalue weighted by atomic mass is 32.1. The molecule has 0 aliphatic heterocycles. The van der Waals surface area contributed by atoms with Crippen molar-refractivity contribution in [1.82, 2.24) is 14.9 Å². The molecule has 6 heteroatoms. The lowest BCUT2D eigenvalue weighted by Crippen LogP contribution is -2.23. The van der Waals surface area contributed by atoms with Gasteiger partial charge in [-0.3, -0.25) is 0 Å². The molecule has 0 bridgehead atoms. The highest BCUT2D eigenvalue weighted by Gasteiger charge is 2.24. The molecular formula is C14H18FN3OS. The van der Waals surface area contributed by atoms with E-state index in [1.54, 1.807) is 18.2 Å². The highest BCUT2D eigenvalue weighted by molar-refractivity contribution is 7.05. The van der Waals surface area contributed by atoms with Crippen LogP contribution in [-0.2, 0) is 6.42 Å². The molecule has 2 aromatic rings. The van der Waals surface area contributed by atoms with Crippen LogP contribution in [0.3, 0.4) is 0 Å². The van der Waals surface area contributed by atoms with Gasteiger partial charge in [-0.2, -0.15) is 0 Å². The second-order valence-corrected chi connectivity index (χ2v) is 5.08. The summed E-state index contributed by atoms with van der Waals surface area (Å²) in [4.78, 5) is 0.960. The average Bonchev–Trinajstić information content (AvgIpc) is 2.93. The van der Waals surface area contributed by atoms with Gasteiger partial charge in [-0.25, -0.2) is 4.39 Å². The van der Waals surface area contributed by atoms with Crippen molar-refractivity contribution in [3.05, 3.63) is 40.2 Å². The normalized spacial score (nSPS) is 12.4. The third kappa shape index (κ3) is 2.81. The molecule has 20 heavy (non-hydrogen) atoms. The van der Waals surface area contributed by atoms with Crippen LogP contribution in [0.1, 0.15) is 36.0 Å². The Morgan fingerprint density at radius 1 is 1.40 bits per heavy atom. The van der Waals surface area contributed by atoms with E-state index in [4.69, 9.17) is 4.74 Å². The number of ether oxygens (including phenoxy) is 1. The Labute approximate surface area is 122 Å². The largest absolute Gasteiger partial charge is 0.494 e. The van der Waals surface area contributed by atoms with Gasteiger partial charge in [0.2, 0.25) is 0 Å². The Hall–Kier alpha value is -1.53. The van der Waals surface area contributed by atoms with E-state index in [0.717, 1.165) is 23.5 Å². The van der Waals surface area contributed by atoms with E-state index in [1.807, 2.05) is 13.8 Å². The first-order valence-electron chi connectivity index (χ1n) is 6.59. The molecule has 0 aliphatic carbocycles. The topological polar surface area (TPSA) is 47.0 Å². The van der Waals surface area contributed by atoms with Crippen molar-refractivity contribution in [2.75, 3.05) is 13.7 Å². The van der Waals surface area contributed by atoms with Crippen LogP contribution in [0.25, 0.3) is 0 Å². The molecule has 0 saturated heterocycles. The van der Waals surface area contributed by atoms with E-state index in [2.05, 4.69) is 14.9 Å². The first kappa shape index (κ1) is 14.9. The summed E-state index contributed by atoms with van der Waals surface area (Å²) in [6.45, 7) is 4.73. The minimum absolute atomic E-state index is 0.245. The molecule has 0 saturated carbocycles. The summed E-state index contributed by atoms with van der Waals surface area (Å²) in [7, 11) is 1.47. The van der Waals surface area contributed by atoms with Gasteiger partial charge in [0.1, 0.15) is 0 Å². The molecule has 1 aromatic carbocycles. The van der Waals surface area contributed by atoms with Crippen LogP contribution in [0.4, 0.5) is 4.39 Å². The van der Waals surface area contributed by atoms with Crippen molar-refractivity contribution in [1.29, 1.82) is 0 Å². The Balaban J connectivity index is 2.49. The number of halogens is 1. The number of hydrogen-bond donors (Lipinski definition) is 1. The van der Waals surface area contributed by atoms with Gasteiger partial charge in [-0.15, -0.1) is 5.10 Å². The number of aromatic nitrogens is 2. The molecule has 1 heterocycles. The summed E-state index contributed by atoms with van der Waals surface area (Å²) in [5.74, 6) is -0.0858. The fourth-order valence-corrected chi connectivity index (χ4v) is 2.97. The Morgan fingerprint density at radius 2 is 2.20 bits per heavy atom. The molecule has 0 radical (unpaired) electrons. The van der Waals surface area contributed by atoms with E-state index >= 15 is 0 Å². The third-order valence-corrected chi connectivity index (χ3v) is 3.95. The molecular weight excluding hydrogens is 277 g/mol. The number of methoxy groups -OCH3 is 1. The predicted octanol–water partition coefficient (Wildman–Crippen LogP) is 2.95. The van der Waals surface area contributed by atoms with Crippen molar-refractivity contribution in [3.63, 3.8) is 0 Å². The zero-order chi connectivity index (χ0) is 14.5. The lowest BCUT2D eigenvalue weighted by Gasteiger charge is -2.19. The van der Waals surface area contributed by atoms with Gasteiger partial charge >= 0.3 is 0 Å². The lowest BCUT2D eigenvalue weighted by molar-refractivity contribution is 0.382. The van der Waals surface area contributed by atoms with Gasteiger partial charge in [0.25, 0.3) is 0 Å². The van der Waals surface area contributed by atoms with Crippen LogP contribution in [0.2, 0.25) is 0 Å². The number of rotatable bonds is 6. The van der Waals surface area contributed by atoms with E-state index in [1.165, 1.54) is 18.6 Å². The van der Waals surface area contributed by atoms with Gasteiger partial charge in [0, 0.05) is 5.56 Å². The SMILES string of the molecule is CCNC(c1cccc(OC)c1F)c1snnc1CC. The Bertz CT molecular complexity index is 573. The Morgan fingerprint density at radius 3 is 2.85 bits per heavy atom. The number of hydrogen-bond acceptors (Lipinski definition) is 5. The zero-order valence-corrected chi connectivity index (χ0v) is 12.6. The fraction of sp³-hybridized carbons (Fsp3) is 0.429. The predicted molar refractivity (Wildman–Crippen MR) is 77.8 cm³/mol. The summed E-state index contributed by atoms with van der Waals surface area (Å²) in [6, 6.07) is 4.93. The lowest BCUT2D eigenvalue weighted by atomic mass is 10.0. The molecule has 2 rings (SSSR count). The molecule has 4 nitrogen and oxygen atoms in total. The maximum atomic E-state index is 14.5. The van der Waals surface area contributed by atoms with Crippen LogP contribution in [0.15, 0.2) is 18.2 Å². The van der Waals surface area contributed by atoms with Gasteiger partial charge in [-0.1, -0.05) is 30.5 Å². The monoisotopic (exact) mass is 295 g/mol. The maximum absolute atomic E-state index is 14.5. The number of nitrogens with zero attached hydrogens (tertiary/aromatic N) is 2. The van der Waals surface area contributed by atoms with E-state index in [9.17, 15) is 4.39 Å². The van der Waals surface area contributed by atoms with E-state index < -0.39 is 0 Å². The first-order valence-corrected chi connectivity index (χ1v) is 7.37. The molecule has 0 aliphatic rings. The molecule has 1 unspecified atom stereocenters. The smallest absolute Gasteiger partial charge is 0.170 e. The van der Waals surface area contributed by atoms with Crippen molar-refractivity contribution in [2.24, 2.45) is 0 Å². The van der Waals surface area contributed by atoms with Crippen molar-refractivity contribution in [3.8, 4) is 5.75 Å². The molecule has 1 N–H and O–H groups in total. The highest BCUT2D eigenvalue weighted by Crippen LogP contribution is 2.32. The summed E-state index contributed by atoms with van der Waals surface area (Å²) >= 11 is 1.31. The summed E-state index contributed by atoms with van der Waals surface area (Å²) in [5.41, 5.74) is 1.47. The molecule has 0 spiro atoms. The Kier molecular flexibility index (Phi) is 5.03. The minimum atomic E-state index is -0.337. The van der Waals surface area contributed by atoms with Crippen LogP contribution >= 0.6 is 11.5 Å². The molecule has 108 valence electrons. The molecule has 0 fully saturated rings. The number of nitrogens with one attached hydrogen (secondary N) is 1. The molecule has 0 amide bonds. The van der Waals surface area contributed by atoms with Crippen LogP contribution in [-0.4, -0.2) is 23.2 Å². The standard InChI is InChI=1S/C14H18FN3OS/c1-4-10-14(20-18-17-10)13(16-5-2)9-7-6-8-11(19-3)12(9)15/h6-8,13,16H,4-5H2,1-3H3. The van der Waals surface area contributed by atoms with Crippen LogP contribution < -0.4 is 10.1 Å². The van der Waals surface area contributed by atoms with E-state index in [0.29, 0.717) is 5.56 Å². The fourth-order valence-electron chi connectivity index (χ4n) is 2.14. The van der Waals surface area contributed by atoms with Gasteiger partial charge in [-0.05, 0) is 30.6 Å². The van der Waals surface area contributed by atoms with Crippen LogP contribution in [0, 0.1) is 5.82 Å².